The van der Waals surface area contributed by atoms with Crippen molar-refractivity contribution in [3.05, 3.63) is 30.1 Å². The van der Waals surface area contributed by atoms with Crippen molar-refractivity contribution in [1.29, 1.82) is 0 Å². The van der Waals surface area contributed by atoms with Crippen LogP contribution >= 0.6 is 0 Å². The summed E-state index contributed by atoms with van der Waals surface area (Å²) < 4.78 is 18.7. The average Bonchev–Trinajstić information content (AvgIpc) is 2.92. The highest BCUT2D eigenvalue weighted by Crippen LogP contribution is 2.32. The van der Waals surface area contributed by atoms with Crippen molar-refractivity contribution >= 4 is 11.9 Å². The smallest absolute Gasteiger partial charge is 0.305 e. The summed E-state index contributed by atoms with van der Waals surface area (Å²) in [6.45, 7) is 0.236. The minimum atomic E-state index is -0.893. The SMILES string of the molecule is O=C(O)CC1(NC(=O)CCCOc2ccccc2F)CCCC1. The van der Waals surface area contributed by atoms with Gasteiger partial charge in [-0.15, -0.1) is 0 Å². The first-order chi connectivity index (χ1) is 11.0. The summed E-state index contributed by atoms with van der Waals surface area (Å²) >= 11 is 0. The second kappa shape index (κ2) is 7.94. The van der Waals surface area contributed by atoms with E-state index in [1.807, 2.05) is 0 Å². The van der Waals surface area contributed by atoms with E-state index in [1.54, 1.807) is 12.1 Å². The average molecular weight is 323 g/mol. The van der Waals surface area contributed by atoms with Crippen LogP contribution in [0.15, 0.2) is 24.3 Å². The molecular weight excluding hydrogens is 301 g/mol. The van der Waals surface area contributed by atoms with Crippen LogP contribution in [0.4, 0.5) is 4.39 Å². The number of para-hydroxylation sites is 1. The van der Waals surface area contributed by atoms with Crippen LogP contribution in [0.1, 0.15) is 44.9 Å². The van der Waals surface area contributed by atoms with Gasteiger partial charge in [0, 0.05) is 6.42 Å². The van der Waals surface area contributed by atoms with Crippen LogP contribution < -0.4 is 10.1 Å². The molecule has 2 N–H and O–H groups in total. The van der Waals surface area contributed by atoms with Crippen molar-refractivity contribution in [2.45, 2.75) is 50.5 Å². The zero-order chi connectivity index (χ0) is 16.7. The van der Waals surface area contributed by atoms with Gasteiger partial charge in [-0.3, -0.25) is 9.59 Å². The Kier molecular flexibility index (Phi) is 5.96. The molecule has 0 unspecified atom stereocenters. The third-order valence-corrected chi connectivity index (χ3v) is 4.10. The van der Waals surface area contributed by atoms with Crippen LogP contribution in [-0.2, 0) is 9.59 Å². The molecule has 0 aromatic heterocycles. The first kappa shape index (κ1) is 17.2. The second-order valence-electron chi connectivity index (χ2n) is 5.99. The molecule has 126 valence electrons. The fourth-order valence-electron chi connectivity index (χ4n) is 3.02. The summed E-state index contributed by atoms with van der Waals surface area (Å²) in [7, 11) is 0. The van der Waals surface area contributed by atoms with Crippen LogP contribution in [0.2, 0.25) is 0 Å². The molecule has 1 aromatic carbocycles. The molecule has 0 spiro atoms. The van der Waals surface area contributed by atoms with Crippen LogP contribution in [0, 0.1) is 5.82 Å². The molecule has 6 heteroatoms. The van der Waals surface area contributed by atoms with Crippen molar-refractivity contribution in [1.82, 2.24) is 5.32 Å². The number of aliphatic carboxylic acids is 1. The third kappa shape index (κ3) is 5.23. The van der Waals surface area contributed by atoms with E-state index in [4.69, 9.17) is 9.84 Å². The third-order valence-electron chi connectivity index (χ3n) is 4.10. The Labute approximate surface area is 134 Å². The number of carboxylic acids is 1. The number of hydrogen-bond acceptors (Lipinski definition) is 3. The molecule has 5 nitrogen and oxygen atoms in total. The zero-order valence-electron chi connectivity index (χ0n) is 13.0. The first-order valence-electron chi connectivity index (χ1n) is 7.91. The van der Waals surface area contributed by atoms with Gasteiger partial charge in [-0.05, 0) is 31.4 Å². The predicted octanol–water partition coefficient (Wildman–Crippen LogP) is 2.89. The number of ether oxygens (including phenoxy) is 1. The summed E-state index contributed by atoms with van der Waals surface area (Å²) in [4.78, 5) is 23.0. The topological polar surface area (TPSA) is 75.6 Å². The molecular formula is C17H22FNO4. The summed E-state index contributed by atoms with van der Waals surface area (Å²) in [6.07, 6.45) is 3.92. The van der Waals surface area contributed by atoms with Gasteiger partial charge in [0.15, 0.2) is 11.6 Å². The van der Waals surface area contributed by atoms with Gasteiger partial charge in [0.05, 0.1) is 18.6 Å². The lowest BCUT2D eigenvalue weighted by atomic mass is 9.93. The van der Waals surface area contributed by atoms with E-state index in [-0.39, 0.29) is 31.1 Å². The highest BCUT2D eigenvalue weighted by atomic mass is 19.1. The molecule has 1 aromatic rings. The van der Waals surface area contributed by atoms with E-state index >= 15 is 0 Å². The number of hydrogen-bond donors (Lipinski definition) is 2. The minimum absolute atomic E-state index is 0.0372. The van der Waals surface area contributed by atoms with E-state index in [1.165, 1.54) is 12.1 Å². The molecule has 0 aliphatic heterocycles. The van der Waals surface area contributed by atoms with Crippen molar-refractivity contribution < 1.29 is 23.8 Å². The number of carbonyl (C=O) groups excluding carboxylic acids is 1. The lowest BCUT2D eigenvalue weighted by Gasteiger charge is -2.28. The van der Waals surface area contributed by atoms with Crippen molar-refractivity contribution in [3.8, 4) is 5.75 Å². The Morgan fingerprint density at radius 1 is 1.26 bits per heavy atom. The second-order valence-corrected chi connectivity index (χ2v) is 5.99. The minimum Gasteiger partial charge on any atom is -0.491 e. The van der Waals surface area contributed by atoms with Crippen LogP contribution in [0.3, 0.4) is 0 Å². The molecule has 1 aliphatic carbocycles. The summed E-state index contributed by atoms with van der Waals surface area (Å²) in [5.74, 6) is -1.32. The fraction of sp³-hybridized carbons (Fsp3) is 0.529. The van der Waals surface area contributed by atoms with E-state index < -0.39 is 17.3 Å². The number of carboxylic acid groups (broad SMARTS) is 1. The van der Waals surface area contributed by atoms with Crippen molar-refractivity contribution in [2.24, 2.45) is 0 Å². The Hall–Kier alpha value is -2.11. The summed E-state index contributed by atoms with van der Waals surface area (Å²) in [5.41, 5.74) is -0.602. The lowest BCUT2D eigenvalue weighted by molar-refractivity contribution is -0.139. The van der Waals surface area contributed by atoms with Gasteiger partial charge in [0.2, 0.25) is 5.91 Å². The number of benzene rings is 1. The zero-order valence-corrected chi connectivity index (χ0v) is 13.0. The van der Waals surface area contributed by atoms with E-state index in [9.17, 15) is 14.0 Å². The molecule has 0 atom stereocenters. The normalized spacial score (nSPS) is 16.0. The Balaban J connectivity index is 1.74. The van der Waals surface area contributed by atoms with E-state index in [0.717, 1.165) is 12.8 Å². The monoisotopic (exact) mass is 323 g/mol. The molecule has 1 aliphatic rings. The Morgan fingerprint density at radius 3 is 2.61 bits per heavy atom. The van der Waals surface area contributed by atoms with Gasteiger partial charge < -0.3 is 15.2 Å². The largest absolute Gasteiger partial charge is 0.491 e. The molecule has 23 heavy (non-hydrogen) atoms. The number of halogens is 1. The van der Waals surface area contributed by atoms with E-state index in [2.05, 4.69) is 5.32 Å². The molecule has 0 radical (unpaired) electrons. The van der Waals surface area contributed by atoms with Crippen LogP contribution in [-0.4, -0.2) is 29.1 Å². The molecule has 1 fully saturated rings. The highest BCUT2D eigenvalue weighted by Gasteiger charge is 2.37. The quantitative estimate of drug-likeness (QED) is 0.721. The van der Waals surface area contributed by atoms with Gasteiger partial charge in [-0.2, -0.15) is 0 Å². The van der Waals surface area contributed by atoms with Crippen molar-refractivity contribution in [2.75, 3.05) is 6.61 Å². The molecule has 1 amide bonds. The summed E-state index contributed by atoms with van der Waals surface area (Å²) in [5, 5.41) is 11.9. The first-order valence-corrected chi connectivity index (χ1v) is 7.91. The van der Waals surface area contributed by atoms with Crippen LogP contribution in [0.5, 0.6) is 5.75 Å². The molecule has 0 bridgehead atoms. The number of carbonyl (C=O) groups is 2. The number of nitrogens with one attached hydrogen (secondary N) is 1. The number of amides is 1. The van der Waals surface area contributed by atoms with Gasteiger partial charge in [0.1, 0.15) is 0 Å². The predicted molar refractivity (Wildman–Crippen MR) is 82.7 cm³/mol. The maximum absolute atomic E-state index is 13.4. The van der Waals surface area contributed by atoms with Crippen LogP contribution in [0.25, 0.3) is 0 Å². The van der Waals surface area contributed by atoms with Gasteiger partial charge in [-0.1, -0.05) is 25.0 Å². The Morgan fingerprint density at radius 2 is 1.96 bits per heavy atom. The van der Waals surface area contributed by atoms with Gasteiger partial charge in [-0.25, -0.2) is 4.39 Å². The number of rotatable bonds is 8. The van der Waals surface area contributed by atoms with Crippen molar-refractivity contribution in [3.63, 3.8) is 0 Å². The Bertz CT molecular complexity index is 555. The molecule has 2 rings (SSSR count). The maximum Gasteiger partial charge on any atom is 0.305 e. The molecule has 0 heterocycles. The molecule has 1 saturated carbocycles. The standard InChI is InChI=1S/C17H22FNO4/c18-13-6-1-2-7-14(13)23-11-5-8-15(20)19-17(12-16(21)22)9-3-4-10-17/h1-2,6-7H,3-5,8-12H2,(H,19,20)(H,21,22). The highest BCUT2D eigenvalue weighted by molar-refractivity contribution is 5.78. The maximum atomic E-state index is 13.4. The summed E-state index contributed by atoms with van der Waals surface area (Å²) in [6, 6.07) is 6.12. The van der Waals surface area contributed by atoms with E-state index in [0.29, 0.717) is 19.3 Å². The fourth-order valence-corrected chi connectivity index (χ4v) is 3.02. The lowest BCUT2D eigenvalue weighted by Crippen LogP contribution is -2.47. The van der Waals surface area contributed by atoms with Gasteiger partial charge >= 0.3 is 5.97 Å². The van der Waals surface area contributed by atoms with Gasteiger partial charge in [0.25, 0.3) is 0 Å². The molecule has 0 saturated heterocycles.